The first-order chi connectivity index (χ1) is 15.7. The SMILES string of the molecule is COC(=O)[C@@H]1[C@H]2C[C@@H]3c4[nH]c5ccccc5c4CCN3C[C@@H]2C=C[C@H]1OC(=O)OC(C)(C)C. The zero-order valence-corrected chi connectivity index (χ0v) is 19.7. The molecule has 33 heavy (non-hydrogen) atoms. The molecule has 1 N–H and O–H groups in total. The van der Waals surface area contributed by atoms with Crippen molar-refractivity contribution in [3.05, 3.63) is 47.7 Å². The maximum Gasteiger partial charge on any atom is 0.509 e. The standard InChI is InChI=1S/C26H32N2O5/c1-26(2,3)33-25(30)32-21-10-9-15-14-28-12-11-17-16-7-5-6-8-19(16)27-23(17)20(28)13-18(15)22(21)24(29)31-4/h5-10,15,18,20-22,27H,11-14H2,1-4H3/t15-,18-,20+,21+,22+/m0/s1. The Labute approximate surface area is 194 Å². The Kier molecular flexibility index (Phi) is 5.47. The molecule has 0 spiro atoms. The molecule has 0 unspecified atom stereocenters. The van der Waals surface area contributed by atoms with Crippen LogP contribution in [0.15, 0.2) is 36.4 Å². The summed E-state index contributed by atoms with van der Waals surface area (Å²) in [5.74, 6) is -0.693. The van der Waals surface area contributed by atoms with Gasteiger partial charge in [-0.2, -0.15) is 0 Å². The zero-order chi connectivity index (χ0) is 23.3. The summed E-state index contributed by atoms with van der Waals surface area (Å²) < 4.78 is 16.2. The van der Waals surface area contributed by atoms with Crippen molar-refractivity contribution in [2.24, 2.45) is 17.8 Å². The number of carbonyl (C=O) groups excluding carboxylic acids is 2. The number of esters is 1. The highest BCUT2D eigenvalue weighted by atomic mass is 16.7. The molecule has 3 heterocycles. The monoisotopic (exact) mass is 452 g/mol. The summed E-state index contributed by atoms with van der Waals surface area (Å²) in [6.07, 6.45) is 4.29. The predicted octanol–water partition coefficient (Wildman–Crippen LogP) is 4.38. The first-order valence-corrected chi connectivity index (χ1v) is 11.7. The fraction of sp³-hybridized carbons (Fsp3) is 0.538. The van der Waals surface area contributed by atoms with Crippen molar-refractivity contribution in [3.8, 4) is 0 Å². The summed E-state index contributed by atoms with van der Waals surface area (Å²) >= 11 is 0. The van der Waals surface area contributed by atoms with Crippen molar-refractivity contribution >= 4 is 23.0 Å². The summed E-state index contributed by atoms with van der Waals surface area (Å²) in [6, 6.07) is 8.63. The van der Waals surface area contributed by atoms with E-state index in [4.69, 9.17) is 14.2 Å². The molecule has 1 aromatic carbocycles. The highest BCUT2D eigenvalue weighted by Crippen LogP contribution is 2.48. The predicted molar refractivity (Wildman–Crippen MR) is 124 cm³/mol. The van der Waals surface area contributed by atoms with Crippen LogP contribution in [0.1, 0.15) is 44.5 Å². The number of H-pyrrole nitrogens is 1. The number of rotatable bonds is 2. The van der Waals surface area contributed by atoms with Crippen LogP contribution in [0.2, 0.25) is 0 Å². The Morgan fingerprint density at radius 3 is 2.70 bits per heavy atom. The summed E-state index contributed by atoms with van der Waals surface area (Å²) in [4.78, 5) is 31.5. The molecule has 176 valence electrons. The Hall–Kier alpha value is -2.80. The van der Waals surface area contributed by atoms with Gasteiger partial charge in [-0.15, -0.1) is 0 Å². The fourth-order valence-electron chi connectivity index (χ4n) is 5.87. The molecule has 7 heteroatoms. The van der Waals surface area contributed by atoms with Gasteiger partial charge in [0, 0.05) is 29.7 Å². The lowest BCUT2D eigenvalue weighted by Crippen LogP contribution is -2.52. The third-order valence-corrected chi connectivity index (χ3v) is 7.22. The molecule has 7 nitrogen and oxygen atoms in total. The van der Waals surface area contributed by atoms with Gasteiger partial charge in [0.05, 0.1) is 13.2 Å². The number of benzene rings is 1. The summed E-state index contributed by atoms with van der Waals surface area (Å²) in [7, 11) is 1.39. The van der Waals surface area contributed by atoms with E-state index in [0.29, 0.717) is 0 Å². The summed E-state index contributed by atoms with van der Waals surface area (Å²) in [5.41, 5.74) is 3.13. The first kappa shape index (κ1) is 22.0. The molecule has 1 saturated heterocycles. The van der Waals surface area contributed by atoms with Crippen LogP contribution in [-0.4, -0.2) is 53.9 Å². The Bertz CT molecular complexity index is 1100. The highest BCUT2D eigenvalue weighted by molar-refractivity contribution is 5.85. The molecular weight excluding hydrogens is 420 g/mol. The van der Waals surface area contributed by atoms with E-state index in [-0.39, 0.29) is 23.8 Å². The molecule has 1 aliphatic carbocycles. The average Bonchev–Trinajstić information content (AvgIpc) is 3.15. The van der Waals surface area contributed by atoms with Gasteiger partial charge in [0.15, 0.2) is 0 Å². The number of hydrogen-bond acceptors (Lipinski definition) is 6. The van der Waals surface area contributed by atoms with Crippen LogP contribution in [0.25, 0.3) is 10.9 Å². The van der Waals surface area contributed by atoms with Gasteiger partial charge in [0.2, 0.25) is 0 Å². The number of methoxy groups -OCH3 is 1. The number of ether oxygens (including phenoxy) is 3. The Balaban J connectivity index is 1.44. The lowest BCUT2D eigenvalue weighted by molar-refractivity contribution is -0.155. The molecular formula is C26H32N2O5. The highest BCUT2D eigenvalue weighted by Gasteiger charge is 2.49. The molecule has 3 aliphatic rings. The van der Waals surface area contributed by atoms with Crippen LogP contribution in [-0.2, 0) is 25.4 Å². The van der Waals surface area contributed by atoms with Crippen LogP contribution in [0, 0.1) is 17.8 Å². The number of piperidine rings is 1. The van der Waals surface area contributed by atoms with E-state index >= 15 is 0 Å². The number of aromatic nitrogens is 1. The molecule has 5 atom stereocenters. The molecule has 5 rings (SSSR count). The van der Waals surface area contributed by atoms with E-state index in [1.54, 1.807) is 20.8 Å². The van der Waals surface area contributed by atoms with Crippen LogP contribution < -0.4 is 0 Å². The average molecular weight is 453 g/mol. The third kappa shape index (κ3) is 4.03. The van der Waals surface area contributed by atoms with Gasteiger partial charge in [0.1, 0.15) is 17.6 Å². The fourth-order valence-corrected chi connectivity index (χ4v) is 5.87. The van der Waals surface area contributed by atoms with Crippen LogP contribution >= 0.6 is 0 Å². The van der Waals surface area contributed by atoms with Gasteiger partial charge in [-0.25, -0.2) is 4.79 Å². The van der Waals surface area contributed by atoms with Gasteiger partial charge in [0.25, 0.3) is 0 Å². The van der Waals surface area contributed by atoms with Gasteiger partial charge < -0.3 is 19.2 Å². The molecule has 0 amide bonds. The molecule has 1 aromatic heterocycles. The topological polar surface area (TPSA) is 80.9 Å². The zero-order valence-electron chi connectivity index (χ0n) is 19.7. The van der Waals surface area contributed by atoms with Crippen molar-refractivity contribution in [1.29, 1.82) is 0 Å². The van der Waals surface area contributed by atoms with Crippen LogP contribution in [0.3, 0.4) is 0 Å². The molecule has 0 radical (unpaired) electrons. The van der Waals surface area contributed by atoms with E-state index in [0.717, 1.165) is 31.4 Å². The van der Waals surface area contributed by atoms with Gasteiger partial charge in [-0.1, -0.05) is 24.3 Å². The minimum Gasteiger partial charge on any atom is -0.469 e. The lowest BCUT2D eigenvalue weighted by atomic mass is 9.67. The second-order valence-corrected chi connectivity index (χ2v) is 10.4. The number of hydrogen-bond donors (Lipinski definition) is 1. The number of aromatic amines is 1. The number of nitrogens with zero attached hydrogens (tertiary/aromatic N) is 1. The normalized spacial score (nSPS) is 29.0. The second-order valence-electron chi connectivity index (χ2n) is 10.4. The van der Waals surface area contributed by atoms with Crippen molar-refractivity contribution in [2.45, 2.75) is 51.4 Å². The second kappa shape index (κ2) is 8.20. The summed E-state index contributed by atoms with van der Waals surface area (Å²) in [5, 5.41) is 1.29. The van der Waals surface area contributed by atoms with Gasteiger partial charge in [-0.3, -0.25) is 9.69 Å². The minimum atomic E-state index is -0.766. The number of para-hydroxylation sites is 1. The number of fused-ring (bicyclic) bond motifs is 6. The Morgan fingerprint density at radius 1 is 1.15 bits per heavy atom. The molecule has 2 aromatic rings. The molecule has 1 fully saturated rings. The first-order valence-electron chi connectivity index (χ1n) is 11.7. The summed E-state index contributed by atoms with van der Waals surface area (Å²) in [6.45, 7) is 7.23. The minimum absolute atomic E-state index is 0.00787. The van der Waals surface area contributed by atoms with Crippen molar-refractivity contribution < 1.29 is 23.8 Å². The van der Waals surface area contributed by atoms with Crippen LogP contribution in [0.5, 0.6) is 0 Å². The third-order valence-electron chi connectivity index (χ3n) is 7.22. The number of carbonyl (C=O) groups is 2. The Morgan fingerprint density at radius 2 is 1.94 bits per heavy atom. The van der Waals surface area contributed by atoms with Crippen LogP contribution in [0.4, 0.5) is 4.79 Å². The maximum absolute atomic E-state index is 12.9. The van der Waals surface area contributed by atoms with Crippen molar-refractivity contribution in [1.82, 2.24) is 9.88 Å². The molecule has 0 bridgehead atoms. The van der Waals surface area contributed by atoms with E-state index in [9.17, 15) is 9.59 Å². The van der Waals surface area contributed by atoms with E-state index < -0.39 is 23.8 Å². The van der Waals surface area contributed by atoms with E-state index in [2.05, 4.69) is 40.2 Å². The number of nitrogens with one attached hydrogen (secondary N) is 1. The smallest absolute Gasteiger partial charge is 0.469 e. The van der Waals surface area contributed by atoms with Gasteiger partial charge >= 0.3 is 12.1 Å². The van der Waals surface area contributed by atoms with Gasteiger partial charge in [-0.05, 0) is 63.2 Å². The van der Waals surface area contributed by atoms with Crippen molar-refractivity contribution in [3.63, 3.8) is 0 Å². The molecule has 2 aliphatic heterocycles. The quantitative estimate of drug-likeness (QED) is 0.538. The van der Waals surface area contributed by atoms with Crippen molar-refractivity contribution in [2.75, 3.05) is 20.2 Å². The van der Waals surface area contributed by atoms with E-state index in [1.807, 2.05) is 6.08 Å². The maximum atomic E-state index is 12.9. The van der Waals surface area contributed by atoms with E-state index in [1.165, 1.54) is 23.8 Å². The molecule has 0 saturated carbocycles. The largest absolute Gasteiger partial charge is 0.509 e. The lowest BCUT2D eigenvalue weighted by Gasteiger charge is -2.49.